The first-order valence-electron chi connectivity index (χ1n) is 6.30. The Hall–Kier alpha value is -2.07. The zero-order valence-electron chi connectivity index (χ0n) is 11.3. The molecule has 0 fully saturated rings. The van der Waals surface area contributed by atoms with Gasteiger partial charge in [0.2, 0.25) is 5.88 Å². The molecule has 3 nitrogen and oxygen atoms in total. The summed E-state index contributed by atoms with van der Waals surface area (Å²) in [5.41, 5.74) is 2.01. The highest BCUT2D eigenvalue weighted by Crippen LogP contribution is 2.29. The third-order valence-electron chi connectivity index (χ3n) is 3.11. The van der Waals surface area contributed by atoms with Crippen LogP contribution in [0.1, 0.15) is 5.56 Å². The average Bonchev–Trinajstić information content (AvgIpc) is 2.48. The van der Waals surface area contributed by atoms with Gasteiger partial charge in [-0.05, 0) is 49.1 Å². The molecule has 100 valence electrons. The lowest BCUT2D eigenvalue weighted by atomic mass is 10.1. The van der Waals surface area contributed by atoms with Crippen molar-refractivity contribution in [1.29, 1.82) is 0 Å². The summed E-state index contributed by atoms with van der Waals surface area (Å²) >= 11 is 1.71. The fraction of sp³-hybridized carbons (Fsp3) is 0.125. The highest BCUT2D eigenvalue weighted by molar-refractivity contribution is 7.98. The lowest BCUT2D eigenvalue weighted by Crippen LogP contribution is -1.93. The average molecular weight is 282 g/mol. The number of aryl methyl sites for hydroxylation is 1. The fourth-order valence-electron chi connectivity index (χ4n) is 2.08. The Morgan fingerprint density at radius 3 is 2.55 bits per heavy atom. The van der Waals surface area contributed by atoms with Gasteiger partial charge in [0, 0.05) is 4.90 Å². The molecule has 3 rings (SSSR count). The minimum atomic E-state index is 0.602. The molecule has 1 heterocycles. The Morgan fingerprint density at radius 1 is 1.00 bits per heavy atom. The molecule has 0 aliphatic carbocycles. The summed E-state index contributed by atoms with van der Waals surface area (Å²) in [6.07, 6.45) is 3.59. The van der Waals surface area contributed by atoms with Gasteiger partial charge in [-0.1, -0.05) is 12.1 Å². The van der Waals surface area contributed by atoms with Crippen LogP contribution in [-0.2, 0) is 0 Å². The third-order valence-corrected chi connectivity index (χ3v) is 3.85. The van der Waals surface area contributed by atoms with Crippen LogP contribution in [0.15, 0.2) is 53.7 Å². The first-order valence-corrected chi connectivity index (χ1v) is 7.52. The van der Waals surface area contributed by atoms with Crippen LogP contribution in [0.25, 0.3) is 10.9 Å². The lowest BCUT2D eigenvalue weighted by Gasteiger charge is -2.09. The maximum absolute atomic E-state index is 5.91. The van der Waals surface area contributed by atoms with E-state index < -0.39 is 0 Å². The van der Waals surface area contributed by atoms with Gasteiger partial charge >= 0.3 is 0 Å². The second-order valence-electron chi connectivity index (χ2n) is 4.43. The van der Waals surface area contributed by atoms with Crippen molar-refractivity contribution in [3.63, 3.8) is 0 Å². The largest absolute Gasteiger partial charge is 0.438 e. The Bertz CT molecular complexity index is 736. The van der Waals surface area contributed by atoms with Gasteiger partial charge < -0.3 is 4.74 Å². The molecule has 0 radical (unpaired) electrons. The number of nitrogens with zero attached hydrogens (tertiary/aromatic N) is 2. The van der Waals surface area contributed by atoms with Gasteiger partial charge in [-0.15, -0.1) is 11.8 Å². The number of rotatable bonds is 3. The molecule has 0 bridgehead atoms. The molecule has 0 N–H and O–H groups in total. The van der Waals surface area contributed by atoms with E-state index in [4.69, 9.17) is 4.74 Å². The summed E-state index contributed by atoms with van der Waals surface area (Å²) in [4.78, 5) is 9.75. The molecule has 0 saturated carbocycles. The van der Waals surface area contributed by atoms with Gasteiger partial charge in [0.25, 0.3) is 0 Å². The van der Waals surface area contributed by atoms with Crippen LogP contribution < -0.4 is 4.74 Å². The third kappa shape index (κ3) is 2.47. The van der Waals surface area contributed by atoms with E-state index in [2.05, 4.69) is 16.2 Å². The van der Waals surface area contributed by atoms with Crippen LogP contribution in [-0.4, -0.2) is 16.2 Å². The highest BCUT2D eigenvalue weighted by atomic mass is 32.2. The van der Waals surface area contributed by atoms with Gasteiger partial charge in [0.15, 0.2) is 0 Å². The van der Waals surface area contributed by atoms with Gasteiger partial charge in [-0.2, -0.15) is 0 Å². The molecule has 0 atom stereocenters. The van der Waals surface area contributed by atoms with E-state index in [9.17, 15) is 0 Å². The van der Waals surface area contributed by atoms with Crippen LogP contribution in [0, 0.1) is 6.92 Å². The summed E-state index contributed by atoms with van der Waals surface area (Å²) in [6, 6.07) is 14.0. The van der Waals surface area contributed by atoms with Crippen molar-refractivity contribution in [2.24, 2.45) is 0 Å². The molecule has 0 unspecified atom stereocenters. The smallest absolute Gasteiger partial charge is 0.230 e. The maximum atomic E-state index is 5.91. The SMILES string of the molecule is CSc1ccc(Oc2ncnc3cccc(C)c23)cc1. The van der Waals surface area contributed by atoms with Gasteiger partial charge in [0.1, 0.15) is 12.1 Å². The monoisotopic (exact) mass is 282 g/mol. The van der Waals surface area contributed by atoms with Crippen LogP contribution in [0.5, 0.6) is 11.6 Å². The standard InChI is InChI=1S/C16H14N2OS/c1-11-4-3-5-14-15(11)16(18-10-17-14)19-12-6-8-13(20-2)9-7-12/h3-10H,1-2H3. The van der Waals surface area contributed by atoms with Crippen molar-refractivity contribution in [1.82, 2.24) is 9.97 Å². The summed E-state index contributed by atoms with van der Waals surface area (Å²) < 4.78 is 5.91. The van der Waals surface area contributed by atoms with Gasteiger partial charge in [-0.25, -0.2) is 9.97 Å². The Labute approximate surface area is 122 Å². The molecule has 0 aliphatic heterocycles. The Balaban J connectivity index is 2.01. The van der Waals surface area contributed by atoms with E-state index in [0.717, 1.165) is 22.2 Å². The van der Waals surface area contributed by atoms with Gasteiger partial charge in [0.05, 0.1) is 10.9 Å². The highest BCUT2D eigenvalue weighted by Gasteiger charge is 2.08. The number of fused-ring (bicyclic) bond motifs is 1. The second-order valence-corrected chi connectivity index (χ2v) is 5.31. The molecular formula is C16H14N2OS. The number of hydrogen-bond acceptors (Lipinski definition) is 4. The minimum Gasteiger partial charge on any atom is -0.438 e. The Kier molecular flexibility index (Phi) is 3.56. The summed E-state index contributed by atoms with van der Waals surface area (Å²) in [6.45, 7) is 2.04. The van der Waals surface area contributed by atoms with E-state index in [1.807, 2.05) is 49.4 Å². The topological polar surface area (TPSA) is 35.0 Å². The summed E-state index contributed by atoms with van der Waals surface area (Å²) in [5.74, 6) is 1.39. The summed E-state index contributed by atoms with van der Waals surface area (Å²) in [5, 5.41) is 0.962. The number of ether oxygens (including phenoxy) is 1. The lowest BCUT2D eigenvalue weighted by molar-refractivity contribution is 0.467. The second kappa shape index (κ2) is 5.51. The van der Waals surface area contributed by atoms with Crippen molar-refractivity contribution < 1.29 is 4.74 Å². The molecule has 3 aromatic rings. The number of benzene rings is 2. The zero-order valence-corrected chi connectivity index (χ0v) is 12.1. The molecule has 4 heteroatoms. The van der Waals surface area contributed by atoms with E-state index in [-0.39, 0.29) is 0 Å². The first-order chi connectivity index (χ1) is 9.78. The van der Waals surface area contributed by atoms with Crippen LogP contribution in [0.4, 0.5) is 0 Å². The normalized spacial score (nSPS) is 10.7. The molecular weight excluding hydrogens is 268 g/mol. The Morgan fingerprint density at radius 2 is 1.80 bits per heavy atom. The van der Waals surface area contributed by atoms with E-state index in [1.54, 1.807) is 11.8 Å². The van der Waals surface area contributed by atoms with Gasteiger partial charge in [-0.3, -0.25) is 0 Å². The van der Waals surface area contributed by atoms with E-state index >= 15 is 0 Å². The predicted octanol–water partition coefficient (Wildman–Crippen LogP) is 4.45. The van der Waals surface area contributed by atoms with E-state index in [0.29, 0.717) is 5.88 Å². The molecule has 2 aromatic carbocycles. The van der Waals surface area contributed by atoms with Crippen LogP contribution in [0.3, 0.4) is 0 Å². The zero-order chi connectivity index (χ0) is 13.9. The number of hydrogen-bond donors (Lipinski definition) is 0. The predicted molar refractivity (Wildman–Crippen MR) is 82.6 cm³/mol. The van der Waals surface area contributed by atoms with Crippen molar-refractivity contribution in [2.75, 3.05) is 6.26 Å². The molecule has 0 spiro atoms. The maximum Gasteiger partial charge on any atom is 0.230 e. The molecule has 0 saturated heterocycles. The number of aromatic nitrogens is 2. The van der Waals surface area contributed by atoms with Crippen molar-refractivity contribution >= 4 is 22.7 Å². The quantitative estimate of drug-likeness (QED) is 0.665. The molecule has 0 aliphatic rings. The van der Waals surface area contributed by atoms with Crippen molar-refractivity contribution in [2.45, 2.75) is 11.8 Å². The van der Waals surface area contributed by atoms with Crippen LogP contribution >= 0.6 is 11.8 Å². The number of thioether (sulfide) groups is 1. The molecule has 0 amide bonds. The first kappa shape index (κ1) is 12.9. The molecule has 1 aromatic heterocycles. The fourth-order valence-corrected chi connectivity index (χ4v) is 2.49. The van der Waals surface area contributed by atoms with Crippen LogP contribution in [0.2, 0.25) is 0 Å². The summed E-state index contributed by atoms with van der Waals surface area (Å²) in [7, 11) is 0. The van der Waals surface area contributed by atoms with Crippen molar-refractivity contribution in [3.8, 4) is 11.6 Å². The molecule has 20 heavy (non-hydrogen) atoms. The van der Waals surface area contributed by atoms with E-state index in [1.165, 1.54) is 11.2 Å². The minimum absolute atomic E-state index is 0.602. The van der Waals surface area contributed by atoms with Crippen molar-refractivity contribution in [3.05, 3.63) is 54.4 Å².